The zero-order valence-corrected chi connectivity index (χ0v) is 12.4. The highest BCUT2D eigenvalue weighted by Crippen LogP contribution is 2.33. The lowest BCUT2D eigenvalue weighted by Crippen LogP contribution is -2.34. The maximum atomic E-state index is 13.1. The maximum Gasteiger partial charge on any atom is 0.126 e. The lowest BCUT2D eigenvalue weighted by atomic mass is 10.00. The van der Waals surface area contributed by atoms with Gasteiger partial charge in [0.2, 0.25) is 0 Å². The van der Waals surface area contributed by atoms with Gasteiger partial charge in [0.05, 0.1) is 21.8 Å². The topological polar surface area (TPSA) is 21.3 Å². The number of nitrogens with one attached hydrogen (secondary N) is 1. The van der Waals surface area contributed by atoms with Gasteiger partial charge in [0.25, 0.3) is 0 Å². The summed E-state index contributed by atoms with van der Waals surface area (Å²) >= 11 is 12.1. The summed E-state index contributed by atoms with van der Waals surface area (Å²) in [6, 6.07) is 2.82. The van der Waals surface area contributed by atoms with E-state index in [1.165, 1.54) is 12.1 Å². The van der Waals surface area contributed by atoms with Crippen LogP contribution in [0.15, 0.2) is 12.1 Å². The van der Waals surface area contributed by atoms with Gasteiger partial charge >= 0.3 is 0 Å². The Morgan fingerprint density at radius 3 is 2.68 bits per heavy atom. The van der Waals surface area contributed by atoms with Crippen LogP contribution in [0.25, 0.3) is 0 Å². The predicted molar refractivity (Wildman–Crippen MR) is 77.7 cm³/mol. The van der Waals surface area contributed by atoms with E-state index in [0.29, 0.717) is 15.7 Å². The number of hydrogen-bond acceptors (Lipinski definition) is 2. The number of ether oxygens (including phenoxy) is 1. The molecular weight excluding hydrogens is 288 g/mol. The molecule has 0 bridgehead atoms. The van der Waals surface area contributed by atoms with Crippen LogP contribution in [-0.4, -0.2) is 18.8 Å². The quantitative estimate of drug-likeness (QED) is 0.855. The van der Waals surface area contributed by atoms with Crippen LogP contribution in [0.3, 0.4) is 0 Å². The van der Waals surface area contributed by atoms with Crippen LogP contribution in [0.2, 0.25) is 10.0 Å². The molecule has 0 spiro atoms. The molecule has 0 aliphatic carbocycles. The van der Waals surface area contributed by atoms with Crippen LogP contribution >= 0.6 is 23.2 Å². The van der Waals surface area contributed by atoms with Crippen LogP contribution in [0.1, 0.15) is 32.6 Å². The van der Waals surface area contributed by atoms with Crippen molar-refractivity contribution in [2.75, 3.05) is 11.9 Å². The van der Waals surface area contributed by atoms with Crippen molar-refractivity contribution in [3.8, 4) is 0 Å². The molecule has 1 fully saturated rings. The fraction of sp³-hybridized carbons (Fsp3) is 0.571. The van der Waals surface area contributed by atoms with Crippen molar-refractivity contribution in [1.82, 2.24) is 0 Å². The minimum atomic E-state index is -0.420. The number of hydrogen-bond donors (Lipinski definition) is 1. The summed E-state index contributed by atoms with van der Waals surface area (Å²) in [5.74, 6) is -0.420. The van der Waals surface area contributed by atoms with Gasteiger partial charge in [-0.15, -0.1) is 0 Å². The molecule has 1 saturated heterocycles. The van der Waals surface area contributed by atoms with E-state index < -0.39 is 5.82 Å². The molecule has 1 aliphatic rings. The Bertz CT molecular complexity index is 416. The van der Waals surface area contributed by atoms with Crippen LogP contribution in [0.4, 0.5) is 10.1 Å². The largest absolute Gasteiger partial charge is 0.380 e. The molecule has 1 aliphatic heterocycles. The molecular formula is C14H18Cl2FNO. The SMILES string of the molecule is CCCC1CC(Nc2c(Cl)cc(F)cc2Cl)CCO1. The first-order valence-corrected chi connectivity index (χ1v) is 7.38. The lowest BCUT2D eigenvalue weighted by molar-refractivity contribution is 0.00598. The van der Waals surface area contributed by atoms with E-state index in [0.717, 1.165) is 32.3 Å². The first kappa shape index (κ1) is 14.9. The third-order valence-corrected chi connectivity index (χ3v) is 3.93. The zero-order valence-electron chi connectivity index (χ0n) is 10.9. The van der Waals surface area contributed by atoms with Gasteiger partial charge < -0.3 is 10.1 Å². The van der Waals surface area contributed by atoms with Gasteiger partial charge in [-0.3, -0.25) is 0 Å². The standard InChI is InChI=1S/C14H18Cl2FNO/c1-2-3-11-8-10(4-5-19-11)18-14-12(15)6-9(17)7-13(14)16/h6-7,10-11,18H,2-5,8H2,1H3. The first-order chi connectivity index (χ1) is 9.10. The van der Waals surface area contributed by atoms with E-state index in [9.17, 15) is 4.39 Å². The fourth-order valence-electron chi connectivity index (χ4n) is 2.42. The van der Waals surface area contributed by atoms with Gasteiger partial charge in [-0.2, -0.15) is 0 Å². The summed E-state index contributed by atoms with van der Waals surface area (Å²) in [5.41, 5.74) is 0.617. The molecule has 1 aromatic carbocycles. The zero-order chi connectivity index (χ0) is 13.8. The molecule has 0 aromatic heterocycles. The van der Waals surface area contributed by atoms with Gasteiger partial charge in [0, 0.05) is 12.6 Å². The summed E-state index contributed by atoms with van der Waals surface area (Å²) in [6.07, 6.45) is 4.29. The second-order valence-corrected chi connectivity index (χ2v) is 5.71. The van der Waals surface area contributed by atoms with Crippen molar-refractivity contribution < 1.29 is 9.13 Å². The molecule has 0 saturated carbocycles. The molecule has 0 radical (unpaired) electrons. The van der Waals surface area contributed by atoms with E-state index in [1.54, 1.807) is 0 Å². The van der Waals surface area contributed by atoms with Crippen molar-refractivity contribution in [3.05, 3.63) is 28.0 Å². The van der Waals surface area contributed by atoms with Gasteiger partial charge in [-0.1, -0.05) is 36.5 Å². The third kappa shape index (κ3) is 3.98. The molecule has 2 unspecified atom stereocenters. The smallest absolute Gasteiger partial charge is 0.126 e. The van der Waals surface area contributed by atoms with Crippen LogP contribution in [0, 0.1) is 5.82 Å². The molecule has 1 heterocycles. The van der Waals surface area contributed by atoms with Crippen molar-refractivity contribution in [1.29, 1.82) is 0 Å². The third-order valence-electron chi connectivity index (χ3n) is 3.33. The average molecular weight is 306 g/mol. The second-order valence-electron chi connectivity index (χ2n) is 4.89. The van der Waals surface area contributed by atoms with Crippen LogP contribution in [0.5, 0.6) is 0 Å². The lowest BCUT2D eigenvalue weighted by Gasteiger charge is -2.31. The molecule has 2 rings (SSSR count). The Balaban J connectivity index is 2.04. The van der Waals surface area contributed by atoms with Gasteiger partial charge in [0.15, 0.2) is 0 Å². The van der Waals surface area contributed by atoms with Crippen molar-refractivity contribution >= 4 is 28.9 Å². The summed E-state index contributed by atoms with van der Waals surface area (Å²) in [7, 11) is 0. The molecule has 1 aromatic rings. The normalized spacial score (nSPS) is 23.4. The van der Waals surface area contributed by atoms with Gasteiger partial charge in [-0.05, 0) is 31.4 Å². The Morgan fingerprint density at radius 1 is 1.37 bits per heavy atom. The highest BCUT2D eigenvalue weighted by atomic mass is 35.5. The minimum Gasteiger partial charge on any atom is -0.380 e. The summed E-state index contributed by atoms with van der Waals surface area (Å²) < 4.78 is 18.8. The fourth-order valence-corrected chi connectivity index (χ4v) is 2.99. The molecule has 106 valence electrons. The van der Waals surface area contributed by atoms with E-state index in [2.05, 4.69) is 12.2 Å². The average Bonchev–Trinajstić information content (AvgIpc) is 2.35. The minimum absolute atomic E-state index is 0.269. The molecule has 2 nitrogen and oxygen atoms in total. The second kappa shape index (κ2) is 6.78. The predicted octanol–water partition coefficient (Wildman–Crippen LogP) is 4.89. The number of rotatable bonds is 4. The van der Waals surface area contributed by atoms with Crippen LogP contribution < -0.4 is 5.32 Å². The van der Waals surface area contributed by atoms with Crippen molar-refractivity contribution in [2.24, 2.45) is 0 Å². The molecule has 0 amide bonds. The Hall–Kier alpha value is -0.510. The molecule has 19 heavy (non-hydrogen) atoms. The van der Waals surface area contributed by atoms with Crippen molar-refractivity contribution in [3.63, 3.8) is 0 Å². The van der Waals surface area contributed by atoms with Crippen molar-refractivity contribution in [2.45, 2.75) is 44.8 Å². The van der Waals surface area contributed by atoms with Crippen LogP contribution in [-0.2, 0) is 4.74 Å². The Morgan fingerprint density at radius 2 is 2.05 bits per heavy atom. The number of benzene rings is 1. The molecule has 5 heteroatoms. The number of anilines is 1. The van der Waals surface area contributed by atoms with E-state index >= 15 is 0 Å². The van der Waals surface area contributed by atoms with E-state index in [-0.39, 0.29) is 12.1 Å². The Labute approximate surface area is 123 Å². The summed E-state index contributed by atoms with van der Waals surface area (Å²) in [4.78, 5) is 0. The van der Waals surface area contributed by atoms with E-state index in [1.807, 2.05) is 0 Å². The number of halogens is 3. The monoisotopic (exact) mass is 305 g/mol. The first-order valence-electron chi connectivity index (χ1n) is 6.62. The van der Waals surface area contributed by atoms with Gasteiger partial charge in [0.1, 0.15) is 5.82 Å². The highest BCUT2D eigenvalue weighted by molar-refractivity contribution is 6.39. The summed E-state index contributed by atoms with van der Waals surface area (Å²) in [6.45, 7) is 2.88. The maximum absolute atomic E-state index is 13.1. The summed E-state index contributed by atoms with van der Waals surface area (Å²) in [5, 5.41) is 3.97. The molecule has 1 N–H and O–H groups in total. The Kier molecular flexibility index (Phi) is 5.31. The van der Waals surface area contributed by atoms with Gasteiger partial charge in [-0.25, -0.2) is 4.39 Å². The molecule has 2 atom stereocenters. The van der Waals surface area contributed by atoms with E-state index in [4.69, 9.17) is 27.9 Å². The highest BCUT2D eigenvalue weighted by Gasteiger charge is 2.23.